The molecule has 0 radical (unpaired) electrons. The average Bonchev–Trinajstić information content (AvgIpc) is 2.77. The lowest BCUT2D eigenvalue weighted by Crippen LogP contribution is -1.89. The van der Waals surface area contributed by atoms with Crippen LogP contribution in [0, 0.1) is 20.8 Å². The number of fused-ring (bicyclic) bond motifs is 1. The van der Waals surface area contributed by atoms with Gasteiger partial charge in [-0.05, 0) is 44.0 Å². The van der Waals surface area contributed by atoms with Crippen molar-refractivity contribution in [2.24, 2.45) is 0 Å². The van der Waals surface area contributed by atoms with Crippen LogP contribution in [0.1, 0.15) is 27.0 Å². The number of halogens is 1. The lowest BCUT2D eigenvalue weighted by atomic mass is 10.00. The molecule has 1 N–H and O–H groups in total. The number of benzene rings is 2. The van der Waals surface area contributed by atoms with Crippen molar-refractivity contribution in [3.8, 4) is 11.3 Å². The van der Waals surface area contributed by atoms with Gasteiger partial charge in [0, 0.05) is 27.1 Å². The molecule has 0 saturated heterocycles. The fourth-order valence-corrected chi connectivity index (χ4v) is 3.15. The maximum atomic E-state index is 11.6. The van der Waals surface area contributed by atoms with Gasteiger partial charge in [-0.2, -0.15) is 0 Å². The van der Waals surface area contributed by atoms with Gasteiger partial charge in [-0.1, -0.05) is 35.4 Å². The quantitative estimate of drug-likeness (QED) is 0.646. The zero-order chi connectivity index (χ0) is 15.1. The minimum absolute atomic E-state index is 0.647. The summed E-state index contributed by atoms with van der Waals surface area (Å²) >= 11 is 6.13. The van der Waals surface area contributed by atoms with E-state index in [-0.39, 0.29) is 0 Å². The standard InChI is InChI=1S/C18H16ClNO/c1-10-4-5-14(11(2)6-10)18-16(9-21)15-8-13(19)7-12(3)17(15)20-18/h4-9,20H,1-3H3. The van der Waals surface area contributed by atoms with Crippen LogP contribution >= 0.6 is 11.6 Å². The monoisotopic (exact) mass is 297 g/mol. The Bertz CT molecular complexity index is 861. The van der Waals surface area contributed by atoms with Crippen molar-refractivity contribution in [2.45, 2.75) is 20.8 Å². The normalized spacial score (nSPS) is 11.0. The SMILES string of the molecule is Cc1ccc(-c2[nH]c3c(C)cc(Cl)cc3c2C=O)c(C)c1. The summed E-state index contributed by atoms with van der Waals surface area (Å²) in [6.45, 7) is 6.11. The number of carbonyl (C=O) groups excluding carboxylic acids is 1. The van der Waals surface area contributed by atoms with Crippen LogP contribution in [0.4, 0.5) is 0 Å². The number of aromatic amines is 1. The van der Waals surface area contributed by atoms with Crippen LogP contribution in [0.2, 0.25) is 5.02 Å². The van der Waals surface area contributed by atoms with Crippen LogP contribution in [-0.4, -0.2) is 11.3 Å². The van der Waals surface area contributed by atoms with Gasteiger partial charge in [-0.3, -0.25) is 4.79 Å². The van der Waals surface area contributed by atoms with Crippen molar-refractivity contribution in [2.75, 3.05) is 0 Å². The number of hydrogen-bond acceptors (Lipinski definition) is 1. The molecule has 1 aromatic heterocycles. The van der Waals surface area contributed by atoms with Crippen molar-refractivity contribution in [3.63, 3.8) is 0 Å². The third-order valence-electron chi connectivity index (χ3n) is 3.88. The Balaban J connectivity index is 2.37. The van der Waals surface area contributed by atoms with Crippen molar-refractivity contribution >= 4 is 28.8 Å². The number of nitrogens with one attached hydrogen (secondary N) is 1. The molecule has 0 aliphatic carbocycles. The predicted molar refractivity (Wildman–Crippen MR) is 88.3 cm³/mol. The van der Waals surface area contributed by atoms with Gasteiger partial charge in [-0.15, -0.1) is 0 Å². The fraction of sp³-hybridized carbons (Fsp3) is 0.167. The van der Waals surface area contributed by atoms with Crippen LogP contribution in [-0.2, 0) is 0 Å². The second-order valence-corrected chi connectivity index (χ2v) is 5.93. The number of H-pyrrole nitrogens is 1. The molecule has 2 aromatic carbocycles. The molecule has 0 amide bonds. The summed E-state index contributed by atoms with van der Waals surface area (Å²) in [5, 5.41) is 1.53. The van der Waals surface area contributed by atoms with E-state index < -0.39 is 0 Å². The zero-order valence-electron chi connectivity index (χ0n) is 12.3. The maximum absolute atomic E-state index is 11.6. The lowest BCUT2D eigenvalue weighted by molar-refractivity contribution is 0.112. The molecule has 0 saturated carbocycles. The third-order valence-corrected chi connectivity index (χ3v) is 4.10. The molecule has 21 heavy (non-hydrogen) atoms. The molecule has 106 valence electrons. The smallest absolute Gasteiger partial charge is 0.152 e. The highest BCUT2D eigenvalue weighted by atomic mass is 35.5. The van der Waals surface area contributed by atoms with Crippen LogP contribution < -0.4 is 0 Å². The van der Waals surface area contributed by atoms with Gasteiger partial charge in [0.1, 0.15) is 0 Å². The molecule has 0 atom stereocenters. The van der Waals surface area contributed by atoms with Gasteiger partial charge in [0.25, 0.3) is 0 Å². The first-order valence-electron chi connectivity index (χ1n) is 6.86. The van der Waals surface area contributed by atoms with E-state index in [1.807, 2.05) is 19.1 Å². The van der Waals surface area contributed by atoms with Crippen LogP contribution in [0.5, 0.6) is 0 Å². The molecule has 3 rings (SSSR count). The Morgan fingerprint density at radius 3 is 2.48 bits per heavy atom. The van der Waals surface area contributed by atoms with Gasteiger partial charge in [-0.25, -0.2) is 0 Å². The first-order chi connectivity index (χ1) is 10.0. The first kappa shape index (κ1) is 13.9. The lowest BCUT2D eigenvalue weighted by Gasteiger charge is -2.06. The highest BCUT2D eigenvalue weighted by Crippen LogP contribution is 2.34. The van der Waals surface area contributed by atoms with Crippen LogP contribution in [0.25, 0.3) is 22.2 Å². The number of aldehydes is 1. The summed E-state index contributed by atoms with van der Waals surface area (Å²) in [5.41, 5.74) is 6.94. The van der Waals surface area contributed by atoms with Crippen molar-refractivity contribution in [1.82, 2.24) is 4.98 Å². The Kier molecular flexibility index (Phi) is 3.34. The van der Waals surface area contributed by atoms with E-state index in [1.165, 1.54) is 5.56 Å². The summed E-state index contributed by atoms with van der Waals surface area (Å²) in [7, 11) is 0. The van der Waals surface area contributed by atoms with E-state index in [9.17, 15) is 4.79 Å². The summed E-state index contributed by atoms with van der Waals surface area (Å²) in [4.78, 5) is 15.0. The second kappa shape index (κ2) is 5.05. The van der Waals surface area contributed by atoms with Crippen molar-refractivity contribution in [3.05, 3.63) is 57.6 Å². The van der Waals surface area contributed by atoms with Gasteiger partial charge in [0.2, 0.25) is 0 Å². The Morgan fingerprint density at radius 1 is 1.05 bits per heavy atom. The molecule has 0 aliphatic rings. The van der Waals surface area contributed by atoms with Crippen molar-refractivity contribution < 1.29 is 4.79 Å². The molecule has 0 spiro atoms. The van der Waals surface area contributed by atoms with E-state index in [1.54, 1.807) is 0 Å². The molecular formula is C18H16ClNO. The van der Waals surface area contributed by atoms with E-state index in [2.05, 4.69) is 37.0 Å². The molecular weight excluding hydrogens is 282 g/mol. The summed E-state index contributed by atoms with van der Waals surface area (Å²) in [6, 6.07) is 9.98. The largest absolute Gasteiger partial charge is 0.354 e. The van der Waals surface area contributed by atoms with Gasteiger partial charge >= 0.3 is 0 Å². The Morgan fingerprint density at radius 2 is 1.81 bits per heavy atom. The van der Waals surface area contributed by atoms with Crippen LogP contribution in [0.3, 0.4) is 0 Å². The zero-order valence-corrected chi connectivity index (χ0v) is 13.0. The van der Waals surface area contributed by atoms with Gasteiger partial charge in [0.15, 0.2) is 6.29 Å². The van der Waals surface area contributed by atoms with Crippen molar-refractivity contribution in [1.29, 1.82) is 0 Å². The summed E-state index contributed by atoms with van der Waals surface area (Å²) in [5.74, 6) is 0. The molecule has 0 fully saturated rings. The molecule has 3 heteroatoms. The second-order valence-electron chi connectivity index (χ2n) is 5.50. The number of hydrogen-bond donors (Lipinski definition) is 1. The van der Waals surface area contributed by atoms with E-state index in [0.717, 1.165) is 39.6 Å². The first-order valence-corrected chi connectivity index (χ1v) is 7.23. The highest BCUT2D eigenvalue weighted by molar-refractivity contribution is 6.31. The van der Waals surface area contributed by atoms with Crippen LogP contribution in [0.15, 0.2) is 30.3 Å². The molecule has 2 nitrogen and oxygen atoms in total. The van der Waals surface area contributed by atoms with E-state index in [4.69, 9.17) is 11.6 Å². The summed E-state index contributed by atoms with van der Waals surface area (Å²) < 4.78 is 0. The molecule has 0 aliphatic heterocycles. The predicted octanol–water partition coefficient (Wildman–Crippen LogP) is 5.23. The molecule has 0 unspecified atom stereocenters. The fourth-order valence-electron chi connectivity index (χ4n) is 2.88. The Hall–Kier alpha value is -2.06. The highest BCUT2D eigenvalue weighted by Gasteiger charge is 2.16. The number of carbonyl (C=O) groups is 1. The minimum atomic E-state index is 0.647. The number of rotatable bonds is 2. The van der Waals surface area contributed by atoms with Gasteiger partial charge < -0.3 is 4.98 Å². The van der Waals surface area contributed by atoms with E-state index >= 15 is 0 Å². The molecule has 3 aromatic rings. The molecule has 0 bridgehead atoms. The van der Waals surface area contributed by atoms with Gasteiger partial charge in [0.05, 0.1) is 5.69 Å². The third kappa shape index (κ3) is 2.26. The topological polar surface area (TPSA) is 32.9 Å². The average molecular weight is 298 g/mol. The number of aryl methyl sites for hydroxylation is 3. The maximum Gasteiger partial charge on any atom is 0.152 e. The van der Waals surface area contributed by atoms with E-state index in [0.29, 0.717) is 10.6 Å². The molecule has 1 heterocycles. The Labute approximate surface area is 128 Å². The summed E-state index contributed by atoms with van der Waals surface area (Å²) in [6.07, 6.45) is 0.906. The number of aromatic nitrogens is 1. The minimum Gasteiger partial charge on any atom is -0.354 e.